The molecule has 4 heteroatoms. The highest BCUT2D eigenvalue weighted by Gasteiger charge is 2.21. The van der Waals surface area contributed by atoms with Gasteiger partial charge in [-0.3, -0.25) is 0 Å². The van der Waals surface area contributed by atoms with E-state index in [1.165, 1.54) is 62.0 Å². The smallest absolute Gasteiger partial charge is 0.191 e. The zero-order valence-electron chi connectivity index (χ0n) is 21.7. The maximum atomic E-state index is 14.8. The molecular formula is C31H42F2OS. The van der Waals surface area contributed by atoms with E-state index in [1.54, 1.807) is 0 Å². The highest BCUT2D eigenvalue weighted by Crippen LogP contribution is 2.38. The number of hydrogen-bond donors (Lipinski definition) is 0. The zero-order valence-corrected chi connectivity index (χ0v) is 22.5. The first-order valence-corrected chi connectivity index (χ1v) is 14.6. The molecule has 192 valence electrons. The molecule has 1 nitrogen and oxygen atoms in total. The lowest BCUT2D eigenvalue weighted by atomic mass is 9.78. The Labute approximate surface area is 215 Å². The van der Waals surface area contributed by atoms with Crippen molar-refractivity contribution in [1.82, 2.24) is 0 Å². The number of thioether (sulfide) groups is 1. The quantitative estimate of drug-likeness (QED) is 0.253. The summed E-state index contributed by atoms with van der Waals surface area (Å²) in [4.78, 5) is 0. The van der Waals surface area contributed by atoms with E-state index < -0.39 is 11.6 Å². The largest absolute Gasteiger partial charge is 0.485 e. The Balaban J connectivity index is 1.57. The Kier molecular flexibility index (Phi) is 11.6. The molecule has 0 bridgehead atoms. The minimum atomic E-state index is -0.632. The van der Waals surface area contributed by atoms with E-state index >= 15 is 0 Å². The van der Waals surface area contributed by atoms with Crippen LogP contribution < -0.4 is 4.74 Å². The van der Waals surface area contributed by atoms with E-state index in [2.05, 4.69) is 37.5 Å². The fourth-order valence-corrected chi connectivity index (χ4v) is 5.61. The van der Waals surface area contributed by atoms with E-state index in [0.29, 0.717) is 17.4 Å². The summed E-state index contributed by atoms with van der Waals surface area (Å²) in [5.41, 5.74) is 2.71. The molecule has 0 heterocycles. The number of halogens is 2. The molecule has 0 amide bonds. The summed E-state index contributed by atoms with van der Waals surface area (Å²) in [5, 5.41) is 2.28. The van der Waals surface area contributed by atoms with E-state index in [9.17, 15) is 8.78 Å². The van der Waals surface area contributed by atoms with Gasteiger partial charge in [-0.25, -0.2) is 8.78 Å². The second-order valence-electron chi connectivity index (χ2n) is 9.98. The number of benzene rings is 2. The molecule has 3 rings (SSSR count). The van der Waals surface area contributed by atoms with Crippen LogP contribution in [-0.4, -0.2) is 11.9 Å². The van der Waals surface area contributed by atoms with Gasteiger partial charge < -0.3 is 4.74 Å². The summed E-state index contributed by atoms with van der Waals surface area (Å²) in [7, 11) is 0. The molecule has 1 fully saturated rings. The van der Waals surface area contributed by atoms with Crippen LogP contribution in [0.25, 0.3) is 11.1 Å². The summed E-state index contributed by atoms with van der Waals surface area (Å²) in [6, 6.07) is 11.0. The molecule has 1 atom stereocenters. The predicted molar refractivity (Wildman–Crippen MR) is 147 cm³/mol. The molecule has 0 N–H and O–H groups in total. The van der Waals surface area contributed by atoms with Gasteiger partial charge in [-0.15, -0.1) is 11.8 Å². The molecule has 1 aliphatic rings. The Hall–Kier alpha value is -1.81. The van der Waals surface area contributed by atoms with E-state index in [4.69, 9.17) is 4.74 Å². The predicted octanol–water partition coefficient (Wildman–Crippen LogP) is 10.3. The highest BCUT2D eigenvalue weighted by atomic mass is 32.2. The molecule has 2 aromatic rings. The van der Waals surface area contributed by atoms with Crippen LogP contribution >= 0.6 is 11.8 Å². The first kappa shape index (κ1) is 27.8. The average molecular weight is 501 g/mol. The van der Waals surface area contributed by atoms with Gasteiger partial charge >= 0.3 is 0 Å². The molecular weight excluding hydrogens is 458 g/mol. The Bertz CT molecular complexity index is 893. The van der Waals surface area contributed by atoms with Gasteiger partial charge in [0.05, 0.1) is 6.10 Å². The topological polar surface area (TPSA) is 9.23 Å². The molecule has 0 aromatic heterocycles. The van der Waals surface area contributed by atoms with Gasteiger partial charge in [-0.2, -0.15) is 0 Å². The van der Waals surface area contributed by atoms with Crippen molar-refractivity contribution in [1.29, 1.82) is 0 Å². The first-order chi connectivity index (χ1) is 17.0. The van der Waals surface area contributed by atoms with Crippen LogP contribution in [0.1, 0.15) is 96.5 Å². The first-order valence-electron chi connectivity index (χ1n) is 13.6. The lowest BCUT2D eigenvalue weighted by Gasteiger charge is -2.27. The molecule has 2 aromatic carbocycles. The van der Waals surface area contributed by atoms with Crippen LogP contribution in [-0.2, 0) is 0 Å². The number of ether oxygens (including phenoxy) is 1. The van der Waals surface area contributed by atoms with E-state index in [0.717, 1.165) is 31.2 Å². The molecule has 35 heavy (non-hydrogen) atoms. The van der Waals surface area contributed by atoms with Crippen LogP contribution in [0.2, 0.25) is 0 Å². The third kappa shape index (κ3) is 8.66. The standard InChI is InChI=1S/C31H42F2OS/c1-4-6-7-8-9-23(3)34-31-29(32)21-28(22-30(31)33)27-16-14-26(15-17-27)25-12-10-24(11-13-25)18-20-35-19-5-2/h14-18,20-25H,4-13,19H2,1-3H3/b20-18+. The van der Waals surface area contributed by atoms with Crippen LogP contribution in [0.4, 0.5) is 8.78 Å². The van der Waals surface area contributed by atoms with Crippen molar-refractivity contribution in [2.75, 3.05) is 5.75 Å². The van der Waals surface area contributed by atoms with Gasteiger partial charge in [0.25, 0.3) is 0 Å². The van der Waals surface area contributed by atoms with Crippen LogP contribution in [0.15, 0.2) is 47.9 Å². The number of unbranched alkanes of at least 4 members (excludes halogenated alkanes) is 3. The molecule has 0 radical (unpaired) electrons. The third-order valence-electron chi connectivity index (χ3n) is 7.04. The van der Waals surface area contributed by atoms with E-state index in [1.807, 2.05) is 30.8 Å². The maximum Gasteiger partial charge on any atom is 0.191 e. The minimum Gasteiger partial charge on any atom is -0.485 e. The highest BCUT2D eigenvalue weighted by molar-refractivity contribution is 8.02. The van der Waals surface area contributed by atoms with Crippen LogP contribution in [0.3, 0.4) is 0 Å². The number of allylic oxidation sites excluding steroid dienone is 1. The normalized spacial score (nSPS) is 19.2. The molecule has 1 saturated carbocycles. The monoisotopic (exact) mass is 500 g/mol. The SMILES string of the molecule is CCCCCCC(C)Oc1c(F)cc(-c2ccc(C3CCC(/C=C/SCCC)CC3)cc2)cc1F. The fraction of sp³-hybridized carbons (Fsp3) is 0.548. The van der Waals surface area contributed by atoms with Crippen molar-refractivity contribution < 1.29 is 13.5 Å². The van der Waals surface area contributed by atoms with Crippen molar-refractivity contribution >= 4 is 11.8 Å². The maximum absolute atomic E-state index is 14.8. The summed E-state index contributed by atoms with van der Waals surface area (Å²) in [6.07, 6.45) is 13.5. The van der Waals surface area contributed by atoms with Gasteiger partial charge in [0.15, 0.2) is 17.4 Å². The van der Waals surface area contributed by atoms with Crippen molar-refractivity contribution in [3.05, 3.63) is 65.1 Å². The van der Waals surface area contributed by atoms with Gasteiger partial charge in [0.1, 0.15) is 0 Å². The van der Waals surface area contributed by atoms with Crippen molar-refractivity contribution in [2.45, 2.75) is 97.0 Å². The van der Waals surface area contributed by atoms with Crippen LogP contribution in [0.5, 0.6) is 5.75 Å². The minimum absolute atomic E-state index is 0.207. The zero-order chi connectivity index (χ0) is 25.0. The van der Waals surface area contributed by atoms with Gasteiger partial charge in [0.2, 0.25) is 0 Å². The number of hydrogen-bond acceptors (Lipinski definition) is 2. The lowest BCUT2D eigenvalue weighted by molar-refractivity contribution is 0.188. The van der Waals surface area contributed by atoms with Crippen molar-refractivity contribution in [3.63, 3.8) is 0 Å². The summed E-state index contributed by atoms with van der Waals surface area (Å²) < 4.78 is 35.2. The van der Waals surface area contributed by atoms with Gasteiger partial charge in [-0.05, 0) is 104 Å². The van der Waals surface area contributed by atoms with Gasteiger partial charge in [0, 0.05) is 0 Å². The third-order valence-corrected chi connectivity index (χ3v) is 8.03. The molecule has 1 aliphatic carbocycles. The van der Waals surface area contributed by atoms with Crippen molar-refractivity contribution in [3.8, 4) is 16.9 Å². The second-order valence-corrected chi connectivity index (χ2v) is 11.0. The molecule has 0 aliphatic heterocycles. The van der Waals surface area contributed by atoms with Gasteiger partial charge in [-0.1, -0.05) is 63.5 Å². The Morgan fingerprint density at radius 2 is 1.60 bits per heavy atom. The van der Waals surface area contributed by atoms with E-state index in [-0.39, 0.29) is 11.9 Å². The van der Waals surface area contributed by atoms with Crippen molar-refractivity contribution in [2.24, 2.45) is 5.92 Å². The summed E-state index contributed by atoms with van der Waals surface area (Å²) >= 11 is 1.91. The molecule has 0 saturated heterocycles. The summed E-state index contributed by atoms with van der Waals surface area (Å²) in [5.74, 6) is 0.939. The summed E-state index contributed by atoms with van der Waals surface area (Å²) in [6.45, 7) is 6.26. The van der Waals surface area contributed by atoms with Crippen LogP contribution in [0, 0.1) is 17.6 Å². The Morgan fingerprint density at radius 1 is 0.914 bits per heavy atom. The fourth-order valence-electron chi connectivity index (χ4n) is 4.90. The number of rotatable bonds is 13. The Morgan fingerprint density at radius 3 is 2.23 bits per heavy atom. The second kappa shape index (κ2) is 14.7. The molecule has 0 spiro atoms. The molecule has 1 unspecified atom stereocenters. The lowest BCUT2D eigenvalue weighted by Crippen LogP contribution is -2.13. The average Bonchev–Trinajstić information content (AvgIpc) is 2.87.